The molecule has 0 fully saturated rings. The number of benzene rings is 2. The molecular weight excluding hydrogens is 401 g/mol. The Morgan fingerprint density at radius 3 is 2.56 bits per heavy atom. The maximum atomic E-state index is 12.7. The van der Waals surface area contributed by atoms with Crippen molar-refractivity contribution in [2.24, 2.45) is 0 Å². The second-order valence-electron chi connectivity index (χ2n) is 6.12. The number of hydrogen-bond acceptors (Lipinski definition) is 3. The van der Waals surface area contributed by atoms with Gasteiger partial charge in [-0.25, -0.2) is 4.68 Å². The largest absolute Gasteiger partial charge is 0.322 e. The summed E-state index contributed by atoms with van der Waals surface area (Å²) in [5, 5.41) is 8.38. The molecule has 1 atom stereocenters. The summed E-state index contributed by atoms with van der Waals surface area (Å²) in [5.74, 6) is -0.116. The molecule has 1 N–H and O–H groups in total. The third-order valence-electron chi connectivity index (χ3n) is 4.11. The third kappa shape index (κ3) is 4.49. The molecule has 0 radical (unpaired) electrons. The summed E-state index contributed by atoms with van der Waals surface area (Å²) in [7, 11) is 0. The average Bonchev–Trinajstić information content (AvgIpc) is 2.93. The Kier molecular flexibility index (Phi) is 6.15. The van der Waals surface area contributed by atoms with Gasteiger partial charge in [0.1, 0.15) is 0 Å². The molecule has 3 aromatic rings. The quantitative estimate of drug-likeness (QED) is 0.522. The first kappa shape index (κ1) is 19.8. The van der Waals surface area contributed by atoms with Crippen LogP contribution >= 0.6 is 35.0 Å². The van der Waals surface area contributed by atoms with Crippen molar-refractivity contribution in [1.82, 2.24) is 9.78 Å². The molecule has 0 aliphatic heterocycles. The van der Waals surface area contributed by atoms with Crippen LogP contribution in [0.1, 0.15) is 18.3 Å². The van der Waals surface area contributed by atoms with Crippen LogP contribution < -0.4 is 5.32 Å². The number of nitrogens with zero attached hydrogens (tertiary/aromatic N) is 2. The molecule has 3 rings (SSSR count). The Balaban J connectivity index is 1.78. The van der Waals surface area contributed by atoms with Gasteiger partial charge in [0, 0.05) is 9.92 Å². The first-order valence-corrected chi connectivity index (χ1v) is 10.0. The van der Waals surface area contributed by atoms with Gasteiger partial charge in [-0.3, -0.25) is 4.79 Å². The summed E-state index contributed by atoms with van der Waals surface area (Å²) in [6.07, 6.45) is 0. The molecule has 4 nitrogen and oxygen atoms in total. The van der Waals surface area contributed by atoms with E-state index in [2.05, 4.69) is 10.4 Å². The van der Waals surface area contributed by atoms with Crippen molar-refractivity contribution in [3.8, 4) is 5.69 Å². The van der Waals surface area contributed by atoms with Crippen LogP contribution in [0.4, 0.5) is 5.69 Å². The van der Waals surface area contributed by atoms with Gasteiger partial charge in [-0.05, 0) is 51.1 Å². The van der Waals surface area contributed by atoms with Crippen molar-refractivity contribution in [3.63, 3.8) is 0 Å². The van der Waals surface area contributed by atoms with E-state index in [1.807, 2.05) is 55.8 Å². The Morgan fingerprint density at radius 1 is 1.15 bits per heavy atom. The molecule has 0 aliphatic carbocycles. The van der Waals surface area contributed by atoms with Crippen LogP contribution in [0.5, 0.6) is 0 Å². The number of thioether (sulfide) groups is 1. The van der Waals surface area contributed by atoms with Crippen LogP contribution in [0, 0.1) is 13.8 Å². The fourth-order valence-corrected chi connectivity index (χ4v) is 4.09. The van der Waals surface area contributed by atoms with E-state index in [9.17, 15) is 4.79 Å². The van der Waals surface area contributed by atoms with E-state index >= 15 is 0 Å². The van der Waals surface area contributed by atoms with Crippen LogP contribution in [-0.4, -0.2) is 20.9 Å². The molecule has 0 bridgehead atoms. The average molecular weight is 420 g/mol. The molecule has 1 unspecified atom stereocenters. The number of hydrogen-bond donors (Lipinski definition) is 1. The molecule has 2 aromatic carbocycles. The molecule has 1 aromatic heterocycles. The van der Waals surface area contributed by atoms with Gasteiger partial charge in [0.15, 0.2) is 0 Å². The van der Waals surface area contributed by atoms with E-state index in [4.69, 9.17) is 23.2 Å². The lowest BCUT2D eigenvalue weighted by Gasteiger charge is -2.13. The number of anilines is 1. The Bertz CT molecular complexity index is 973. The fourth-order valence-electron chi connectivity index (χ4n) is 2.68. The van der Waals surface area contributed by atoms with Gasteiger partial charge < -0.3 is 5.32 Å². The first-order valence-electron chi connectivity index (χ1n) is 8.41. The van der Waals surface area contributed by atoms with Gasteiger partial charge in [0.05, 0.1) is 33.0 Å². The van der Waals surface area contributed by atoms with Gasteiger partial charge in [-0.2, -0.15) is 5.10 Å². The normalized spacial score (nSPS) is 12.0. The van der Waals surface area contributed by atoms with Crippen molar-refractivity contribution < 1.29 is 4.79 Å². The van der Waals surface area contributed by atoms with Crippen LogP contribution in [0.2, 0.25) is 10.0 Å². The van der Waals surface area contributed by atoms with Gasteiger partial charge in [0.25, 0.3) is 0 Å². The molecule has 0 aliphatic rings. The topological polar surface area (TPSA) is 46.9 Å². The minimum Gasteiger partial charge on any atom is -0.322 e. The zero-order valence-electron chi connectivity index (χ0n) is 15.2. The zero-order chi connectivity index (χ0) is 19.6. The van der Waals surface area contributed by atoms with E-state index in [1.54, 1.807) is 18.2 Å². The standard InChI is InChI=1S/C20H19Cl2N3OS/c1-12-19(13(2)25(24-12)16-7-5-4-6-8-16)23-20(26)14(3)27-18-11-15(21)9-10-17(18)22/h4-11,14H,1-3H3,(H,23,26). The van der Waals surface area contributed by atoms with Crippen LogP contribution in [0.3, 0.4) is 0 Å². The second-order valence-corrected chi connectivity index (χ2v) is 8.34. The maximum Gasteiger partial charge on any atom is 0.237 e. The molecule has 0 saturated heterocycles. The van der Waals surface area contributed by atoms with Crippen molar-refractivity contribution in [1.29, 1.82) is 0 Å². The third-order valence-corrected chi connectivity index (χ3v) is 5.94. The lowest BCUT2D eigenvalue weighted by molar-refractivity contribution is -0.115. The highest BCUT2D eigenvalue weighted by molar-refractivity contribution is 8.00. The van der Waals surface area contributed by atoms with Crippen molar-refractivity contribution in [2.75, 3.05) is 5.32 Å². The Morgan fingerprint density at radius 2 is 1.85 bits per heavy atom. The minimum atomic E-state index is -0.347. The van der Waals surface area contributed by atoms with Gasteiger partial charge in [-0.1, -0.05) is 41.4 Å². The highest BCUT2D eigenvalue weighted by Crippen LogP contribution is 2.33. The number of amides is 1. The number of carbonyl (C=O) groups is 1. The fraction of sp³-hybridized carbons (Fsp3) is 0.200. The van der Waals surface area contributed by atoms with E-state index in [-0.39, 0.29) is 11.2 Å². The smallest absolute Gasteiger partial charge is 0.237 e. The Labute approximate surface area is 172 Å². The maximum absolute atomic E-state index is 12.7. The summed E-state index contributed by atoms with van der Waals surface area (Å²) in [4.78, 5) is 13.5. The summed E-state index contributed by atoms with van der Waals surface area (Å²) >= 11 is 13.6. The van der Waals surface area contributed by atoms with Crippen molar-refractivity contribution >= 4 is 46.6 Å². The zero-order valence-corrected chi connectivity index (χ0v) is 17.5. The van der Waals surface area contributed by atoms with E-state index in [0.717, 1.165) is 27.7 Å². The SMILES string of the molecule is Cc1nn(-c2ccccc2)c(C)c1NC(=O)C(C)Sc1cc(Cl)ccc1Cl. The summed E-state index contributed by atoms with van der Waals surface area (Å²) in [5.41, 5.74) is 3.33. The Hall–Kier alpha value is -1.95. The van der Waals surface area contributed by atoms with Crippen LogP contribution in [-0.2, 0) is 4.79 Å². The lowest BCUT2D eigenvalue weighted by atomic mass is 10.3. The molecule has 7 heteroatoms. The number of nitrogens with one attached hydrogen (secondary N) is 1. The monoisotopic (exact) mass is 419 g/mol. The van der Waals surface area contributed by atoms with E-state index < -0.39 is 0 Å². The van der Waals surface area contributed by atoms with Gasteiger partial charge in [-0.15, -0.1) is 11.8 Å². The number of rotatable bonds is 5. The van der Waals surface area contributed by atoms with Crippen LogP contribution in [0.25, 0.3) is 5.69 Å². The number of carbonyl (C=O) groups excluding carboxylic acids is 1. The summed E-state index contributed by atoms with van der Waals surface area (Å²) in [6.45, 7) is 5.66. The number of aromatic nitrogens is 2. The predicted octanol–water partition coefficient (Wildman–Crippen LogP) is 5.92. The number of halogens is 2. The molecule has 1 heterocycles. The predicted molar refractivity (Wildman–Crippen MR) is 113 cm³/mol. The summed E-state index contributed by atoms with van der Waals surface area (Å²) < 4.78 is 1.83. The van der Waals surface area contributed by atoms with E-state index in [0.29, 0.717) is 10.0 Å². The van der Waals surface area contributed by atoms with Crippen molar-refractivity contribution in [2.45, 2.75) is 30.9 Å². The highest BCUT2D eigenvalue weighted by atomic mass is 35.5. The second kappa shape index (κ2) is 8.38. The van der Waals surface area contributed by atoms with Crippen molar-refractivity contribution in [3.05, 3.63) is 70.0 Å². The molecular formula is C20H19Cl2N3OS. The number of aryl methyl sites for hydroxylation is 1. The molecule has 140 valence electrons. The van der Waals surface area contributed by atoms with E-state index in [1.165, 1.54) is 11.8 Å². The van der Waals surface area contributed by atoms with Gasteiger partial charge >= 0.3 is 0 Å². The first-order chi connectivity index (χ1) is 12.9. The number of para-hydroxylation sites is 1. The molecule has 27 heavy (non-hydrogen) atoms. The molecule has 0 saturated carbocycles. The van der Waals surface area contributed by atoms with Crippen LogP contribution in [0.15, 0.2) is 53.4 Å². The van der Waals surface area contributed by atoms with Gasteiger partial charge in [0.2, 0.25) is 5.91 Å². The summed E-state index contributed by atoms with van der Waals surface area (Å²) in [6, 6.07) is 15.0. The minimum absolute atomic E-state index is 0.116. The highest BCUT2D eigenvalue weighted by Gasteiger charge is 2.20. The molecule has 0 spiro atoms. The molecule has 1 amide bonds. The lowest BCUT2D eigenvalue weighted by Crippen LogP contribution is -2.23.